The molecule has 0 saturated heterocycles. The molecule has 2 rings (SSSR count). The Morgan fingerprint density at radius 3 is 2.00 bits per heavy atom. The summed E-state index contributed by atoms with van der Waals surface area (Å²) >= 11 is 5.92. The fourth-order valence-corrected chi connectivity index (χ4v) is 2.05. The number of benzene rings is 2. The first kappa shape index (κ1) is 14.7. The van der Waals surface area contributed by atoms with E-state index in [-0.39, 0.29) is 27.3 Å². The van der Waals surface area contributed by atoms with E-state index >= 15 is 0 Å². The molecule has 0 amide bonds. The molecule has 0 fully saturated rings. The summed E-state index contributed by atoms with van der Waals surface area (Å²) in [5.74, 6) is -3.09. The van der Waals surface area contributed by atoms with Gasteiger partial charge in [0.05, 0.1) is 16.1 Å². The largest absolute Gasteiger partial charge is 0.478 e. The molecule has 0 bridgehead atoms. The number of carboxylic acid groups (broad SMARTS) is 2. The zero-order valence-electron chi connectivity index (χ0n) is 10.5. The molecule has 5 nitrogen and oxygen atoms in total. The van der Waals surface area contributed by atoms with Crippen LogP contribution in [0.15, 0.2) is 42.5 Å². The molecule has 21 heavy (non-hydrogen) atoms. The minimum atomic E-state index is -1.25. The molecule has 106 valence electrons. The predicted molar refractivity (Wildman–Crippen MR) is 75.2 cm³/mol. The molecule has 0 atom stereocenters. The van der Waals surface area contributed by atoms with Crippen molar-refractivity contribution in [2.24, 2.45) is 0 Å². The normalized spacial score (nSPS) is 10.1. The van der Waals surface area contributed by atoms with Gasteiger partial charge in [-0.05, 0) is 24.3 Å². The van der Waals surface area contributed by atoms with Crippen molar-refractivity contribution < 1.29 is 24.6 Å². The Balaban J connectivity index is 2.58. The summed E-state index contributed by atoms with van der Waals surface area (Å²) in [5.41, 5.74) is -0.366. The Morgan fingerprint density at radius 2 is 1.43 bits per heavy atom. The maximum absolute atomic E-state index is 12.4. The van der Waals surface area contributed by atoms with Crippen LogP contribution in [0.3, 0.4) is 0 Å². The molecule has 2 aromatic carbocycles. The number of carbonyl (C=O) groups is 3. The molecule has 0 radical (unpaired) electrons. The van der Waals surface area contributed by atoms with E-state index in [9.17, 15) is 14.4 Å². The second-order valence-electron chi connectivity index (χ2n) is 4.18. The zero-order valence-corrected chi connectivity index (χ0v) is 11.3. The fourth-order valence-electron chi connectivity index (χ4n) is 1.85. The highest BCUT2D eigenvalue weighted by atomic mass is 35.5. The van der Waals surface area contributed by atoms with E-state index in [0.717, 1.165) is 6.07 Å². The van der Waals surface area contributed by atoms with Gasteiger partial charge < -0.3 is 10.2 Å². The van der Waals surface area contributed by atoms with Crippen LogP contribution in [0, 0.1) is 0 Å². The maximum atomic E-state index is 12.4. The van der Waals surface area contributed by atoms with Gasteiger partial charge in [-0.15, -0.1) is 0 Å². The highest BCUT2D eigenvalue weighted by Gasteiger charge is 2.20. The number of carbonyl (C=O) groups excluding carboxylic acids is 1. The van der Waals surface area contributed by atoms with Crippen LogP contribution in [-0.2, 0) is 0 Å². The summed E-state index contributed by atoms with van der Waals surface area (Å²) < 4.78 is 0. The fraction of sp³-hybridized carbons (Fsp3) is 0. The molecule has 6 heteroatoms. The number of halogens is 1. The molecule has 2 aromatic rings. The molecule has 0 aliphatic carbocycles. The minimum absolute atomic E-state index is 0.0468. The summed E-state index contributed by atoms with van der Waals surface area (Å²) in [7, 11) is 0. The van der Waals surface area contributed by atoms with Gasteiger partial charge in [-0.25, -0.2) is 9.59 Å². The highest BCUT2D eigenvalue weighted by Crippen LogP contribution is 2.23. The van der Waals surface area contributed by atoms with E-state index in [1.54, 1.807) is 0 Å². The van der Waals surface area contributed by atoms with Gasteiger partial charge in [-0.1, -0.05) is 29.8 Å². The van der Waals surface area contributed by atoms with Gasteiger partial charge in [-0.2, -0.15) is 0 Å². The third kappa shape index (κ3) is 2.93. The summed E-state index contributed by atoms with van der Waals surface area (Å²) in [4.78, 5) is 34.5. The quantitative estimate of drug-likeness (QED) is 0.847. The van der Waals surface area contributed by atoms with Gasteiger partial charge >= 0.3 is 11.9 Å². The lowest BCUT2D eigenvalue weighted by atomic mass is 9.97. The van der Waals surface area contributed by atoms with Crippen LogP contribution >= 0.6 is 11.6 Å². The van der Waals surface area contributed by atoms with Crippen molar-refractivity contribution in [2.45, 2.75) is 0 Å². The van der Waals surface area contributed by atoms with Crippen LogP contribution in [-0.4, -0.2) is 27.9 Å². The summed E-state index contributed by atoms with van der Waals surface area (Å²) in [5, 5.41) is 18.1. The third-order valence-electron chi connectivity index (χ3n) is 2.86. The molecule has 0 aliphatic heterocycles. The van der Waals surface area contributed by atoms with Gasteiger partial charge in [0.25, 0.3) is 0 Å². The van der Waals surface area contributed by atoms with Crippen molar-refractivity contribution in [3.8, 4) is 0 Å². The van der Waals surface area contributed by atoms with Gasteiger partial charge in [-0.3, -0.25) is 4.79 Å². The zero-order chi connectivity index (χ0) is 15.6. The Morgan fingerprint density at radius 1 is 0.810 bits per heavy atom. The van der Waals surface area contributed by atoms with E-state index in [2.05, 4.69) is 0 Å². The number of aromatic carboxylic acids is 2. The van der Waals surface area contributed by atoms with Crippen LogP contribution in [0.4, 0.5) is 0 Å². The van der Waals surface area contributed by atoms with Gasteiger partial charge in [0.1, 0.15) is 0 Å². The first-order valence-corrected chi connectivity index (χ1v) is 6.19. The Hall–Kier alpha value is -2.66. The van der Waals surface area contributed by atoms with Gasteiger partial charge in [0.2, 0.25) is 0 Å². The number of rotatable bonds is 4. The second-order valence-corrected chi connectivity index (χ2v) is 4.59. The molecule has 2 N–H and O–H groups in total. The number of hydrogen-bond acceptors (Lipinski definition) is 3. The lowest BCUT2D eigenvalue weighted by molar-refractivity contribution is 0.0684. The summed E-state index contributed by atoms with van der Waals surface area (Å²) in [6, 6.07) is 9.36. The van der Waals surface area contributed by atoms with Crippen molar-refractivity contribution in [1.29, 1.82) is 0 Å². The smallest absolute Gasteiger partial charge is 0.336 e. The lowest BCUT2D eigenvalue weighted by Crippen LogP contribution is -2.11. The van der Waals surface area contributed by atoms with Crippen LogP contribution in [0.2, 0.25) is 5.02 Å². The Kier molecular flexibility index (Phi) is 4.05. The monoisotopic (exact) mass is 304 g/mol. The number of carboxylic acids is 2. The average Bonchev–Trinajstić information content (AvgIpc) is 2.46. The van der Waals surface area contributed by atoms with E-state index in [1.165, 1.54) is 36.4 Å². The van der Waals surface area contributed by atoms with Gasteiger partial charge in [0.15, 0.2) is 5.78 Å². The molecule has 0 unspecified atom stereocenters. The number of hydrogen-bond donors (Lipinski definition) is 2. The predicted octanol–water partition coefficient (Wildman–Crippen LogP) is 2.97. The average molecular weight is 305 g/mol. The van der Waals surface area contributed by atoms with Crippen molar-refractivity contribution in [3.05, 3.63) is 69.7 Å². The first-order chi connectivity index (χ1) is 9.91. The topological polar surface area (TPSA) is 91.7 Å². The van der Waals surface area contributed by atoms with Crippen molar-refractivity contribution in [2.75, 3.05) is 0 Å². The molecular formula is C15H9ClO5. The van der Waals surface area contributed by atoms with Crippen LogP contribution in [0.5, 0.6) is 0 Å². The van der Waals surface area contributed by atoms with E-state index < -0.39 is 17.7 Å². The third-order valence-corrected chi connectivity index (χ3v) is 3.19. The highest BCUT2D eigenvalue weighted by molar-refractivity contribution is 6.35. The Bertz CT molecular complexity index is 751. The van der Waals surface area contributed by atoms with Crippen molar-refractivity contribution >= 4 is 29.3 Å². The standard InChI is InChI=1S/C15H9ClO5/c16-12-6-5-8(14(18)19)7-11(12)13(17)9-3-1-2-4-10(9)15(20)21/h1-7H,(H,18,19)(H,20,21). The second kappa shape index (κ2) is 5.76. The minimum Gasteiger partial charge on any atom is -0.478 e. The van der Waals surface area contributed by atoms with Crippen LogP contribution in [0.25, 0.3) is 0 Å². The first-order valence-electron chi connectivity index (χ1n) is 5.81. The van der Waals surface area contributed by atoms with Crippen molar-refractivity contribution in [1.82, 2.24) is 0 Å². The van der Waals surface area contributed by atoms with E-state index in [0.29, 0.717) is 0 Å². The molecular weight excluding hydrogens is 296 g/mol. The number of ketones is 1. The SMILES string of the molecule is O=C(O)c1ccc(Cl)c(C(=O)c2ccccc2C(=O)O)c1. The summed E-state index contributed by atoms with van der Waals surface area (Å²) in [6.07, 6.45) is 0. The summed E-state index contributed by atoms with van der Waals surface area (Å²) in [6.45, 7) is 0. The lowest BCUT2D eigenvalue weighted by Gasteiger charge is -2.07. The molecule has 0 spiro atoms. The molecule has 0 saturated carbocycles. The molecule has 0 aromatic heterocycles. The van der Waals surface area contributed by atoms with Crippen LogP contribution in [0.1, 0.15) is 36.6 Å². The molecule has 0 heterocycles. The van der Waals surface area contributed by atoms with E-state index in [1.807, 2.05) is 0 Å². The Labute approximate surface area is 124 Å². The van der Waals surface area contributed by atoms with Gasteiger partial charge in [0, 0.05) is 11.1 Å². The van der Waals surface area contributed by atoms with Crippen molar-refractivity contribution in [3.63, 3.8) is 0 Å². The molecule has 0 aliphatic rings. The van der Waals surface area contributed by atoms with Crippen LogP contribution < -0.4 is 0 Å². The van der Waals surface area contributed by atoms with E-state index in [4.69, 9.17) is 21.8 Å². The maximum Gasteiger partial charge on any atom is 0.336 e.